The van der Waals surface area contributed by atoms with Gasteiger partial charge >= 0.3 is 6.18 Å². The highest BCUT2D eigenvalue weighted by Crippen LogP contribution is 2.34. The molecule has 0 spiro atoms. The summed E-state index contributed by atoms with van der Waals surface area (Å²) in [4.78, 5) is 6.05. The highest BCUT2D eigenvalue weighted by Gasteiger charge is 2.33. The lowest BCUT2D eigenvalue weighted by Crippen LogP contribution is -2.35. The Morgan fingerprint density at radius 3 is 2.70 bits per heavy atom. The third kappa shape index (κ3) is 3.15. The van der Waals surface area contributed by atoms with E-state index < -0.39 is 11.7 Å². The molecule has 0 saturated heterocycles. The van der Waals surface area contributed by atoms with Crippen LogP contribution < -0.4 is 10.1 Å². The number of nitrogens with one attached hydrogen (secondary N) is 1. The SMILES string of the molecule is COc1ccc(CNC2=NCCN2C)c(C(F)(F)F)c1. The van der Waals surface area contributed by atoms with Crippen LogP contribution in [-0.4, -0.2) is 38.1 Å². The summed E-state index contributed by atoms with van der Waals surface area (Å²) in [5.74, 6) is 0.811. The van der Waals surface area contributed by atoms with Crippen LogP contribution in [0.15, 0.2) is 23.2 Å². The predicted molar refractivity (Wildman–Crippen MR) is 69.8 cm³/mol. The zero-order chi connectivity index (χ0) is 14.8. The molecule has 4 nitrogen and oxygen atoms in total. The van der Waals surface area contributed by atoms with Gasteiger partial charge in [0.15, 0.2) is 5.96 Å². The molecule has 1 N–H and O–H groups in total. The van der Waals surface area contributed by atoms with E-state index in [9.17, 15) is 13.2 Å². The van der Waals surface area contributed by atoms with Crippen LogP contribution >= 0.6 is 0 Å². The maximum Gasteiger partial charge on any atom is 0.416 e. The summed E-state index contributed by atoms with van der Waals surface area (Å²) >= 11 is 0. The Morgan fingerprint density at radius 2 is 2.15 bits per heavy atom. The fraction of sp³-hybridized carbons (Fsp3) is 0.462. The normalized spacial score (nSPS) is 15.2. The smallest absolute Gasteiger partial charge is 0.416 e. The first-order valence-electron chi connectivity index (χ1n) is 6.15. The molecule has 2 rings (SSSR count). The second-order valence-electron chi connectivity index (χ2n) is 4.50. The number of nitrogens with zero attached hydrogens (tertiary/aromatic N) is 2. The Balaban J connectivity index is 2.18. The molecule has 0 radical (unpaired) electrons. The Hall–Kier alpha value is -1.92. The molecule has 0 bridgehead atoms. The van der Waals surface area contributed by atoms with Crippen molar-refractivity contribution in [3.05, 3.63) is 29.3 Å². The number of alkyl halides is 3. The highest BCUT2D eigenvalue weighted by molar-refractivity contribution is 5.81. The molecule has 1 heterocycles. The topological polar surface area (TPSA) is 36.9 Å². The minimum absolute atomic E-state index is 0.0714. The summed E-state index contributed by atoms with van der Waals surface area (Å²) in [6, 6.07) is 3.95. The van der Waals surface area contributed by atoms with Crippen molar-refractivity contribution < 1.29 is 17.9 Å². The fourth-order valence-electron chi connectivity index (χ4n) is 2.00. The van der Waals surface area contributed by atoms with Crippen LogP contribution in [0.1, 0.15) is 11.1 Å². The quantitative estimate of drug-likeness (QED) is 0.925. The van der Waals surface area contributed by atoms with Crippen LogP contribution in [0.4, 0.5) is 13.2 Å². The second-order valence-corrected chi connectivity index (χ2v) is 4.50. The maximum absolute atomic E-state index is 13.0. The van der Waals surface area contributed by atoms with E-state index >= 15 is 0 Å². The summed E-state index contributed by atoms with van der Waals surface area (Å²) in [6.07, 6.45) is -4.41. The first-order chi connectivity index (χ1) is 9.41. The second kappa shape index (κ2) is 5.60. The van der Waals surface area contributed by atoms with Gasteiger partial charge in [0, 0.05) is 20.1 Å². The molecule has 0 aliphatic carbocycles. The zero-order valence-electron chi connectivity index (χ0n) is 11.3. The minimum Gasteiger partial charge on any atom is -0.497 e. The number of aliphatic imine (C=N–C) groups is 1. The number of guanidine groups is 1. The lowest BCUT2D eigenvalue weighted by atomic mass is 10.1. The van der Waals surface area contributed by atoms with Gasteiger partial charge in [0.1, 0.15) is 5.75 Å². The van der Waals surface area contributed by atoms with Crippen molar-refractivity contribution in [1.82, 2.24) is 10.2 Å². The van der Waals surface area contributed by atoms with Crippen molar-refractivity contribution >= 4 is 5.96 Å². The molecule has 110 valence electrons. The molecule has 0 unspecified atom stereocenters. The van der Waals surface area contributed by atoms with E-state index in [-0.39, 0.29) is 17.9 Å². The monoisotopic (exact) mass is 287 g/mol. The number of ether oxygens (including phenoxy) is 1. The number of halogens is 3. The lowest BCUT2D eigenvalue weighted by molar-refractivity contribution is -0.138. The van der Waals surface area contributed by atoms with E-state index in [1.54, 1.807) is 0 Å². The molecule has 1 aliphatic rings. The molecule has 0 amide bonds. The van der Waals surface area contributed by atoms with Gasteiger partial charge in [0.2, 0.25) is 0 Å². The van der Waals surface area contributed by atoms with Gasteiger partial charge in [-0.3, -0.25) is 4.99 Å². The van der Waals surface area contributed by atoms with Crippen molar-refractivity contribution in [1.29, 1.82) is 0 Å². The molecule has 1 aromatic rings. The molecule has 1 aliphatic heterocycles. The van der Waals surface area contributed by atoms with Gasteiger partial charge in [-0.1, -0.05) is 6.07 Å². The third-order valence-electron chi connectivity index (χ3n) is 3.12. The number of benzene rings is 1. The van der Waals surface area contributed by atoms with Crippen LogP contribution in [0.3, 0.4) is 0 Å². The number of rotatable bonds is 3. The summed E-state index contributed by atoms with van der Waals surface area (Å²) in [6.45, 7) is 1.51. The molecule has 0 fully saturated rings. The van der Waals surface area contributed by atoms with Crippen LogP contribution in [0, 0.1) is 0 Å². The number of hydrogen-bond acceptors (Lipinski definition) is 4. The van der Waals surface area contributed by atoms with Crippen LogP contribution in [0.25, 0.3) is 0 Å². The molecule has 0 saturated carbocycles. The number of likely N-dealkylation sites (N-methyl/N-ethyl adjacent to an activating group) is 1. The zero-order valence-corrected chi connectivity index (χ0v) is 11.3. The average molecular weight is 287 g/mol. The summed E-state index contributed by atoms with van der Waals surface area (Å²) < 4.78 is 43.9. The Morgan fingerprint density at radius 1 is 1.40 bits per heavy atom. The molecular formula is C13H16F3N3O. The molecule has 0 atom stereocenters. The summed E-state index contributed by atoms with van der Waals surface area (Å²) in [5, 5.41) is 2.93. The van der Waals surface area contributed by atoms with E-state index in [0.717, 1.165) is 12.6 Å². The van der Waals surface area contributed by atoms with Gasteiger partial charge in [-0.2, -0.15) is 13.2 Å². The molecular weight excluding hydrogens is 271 g/mol. The van der Waals surface area contributed by atoms with Crippen molar-refractivity contribution in [2.24, 2.45) is 4.99 Å². The van der Waals surface area contributed by atoms with E-state index in [4.69, 9.17) is 4.74 Å². The van der Waals surface area contributed by atoms with Crippen molar-refractivity contribution in [3.63, 3.8) is 0 Å². The number of hydrogen-bond donors (Lipinski definition) is 1. The van der Waals surface area contributed by atoms with Crippen molar-refractivity contribution in [2.45, 2.75) is 12.7 Å². The highest BCUT2D eigenvalue weighted by atomic mass is 19.4. The van der Waals surface area contributed by atoms with Gasteiger partial charge in [0.05, 0.1) is 19.2 Å². The van der Waals surface area contributed by atoms with Gasteiger partial charge < -0.3 is 15.0 Å². The molecule has 7 heteroatoms. The largest absolute Gasteiger partial charge is 0.497 e. The Bertz CT molecular complexity index is 514. The van der Waals surface area contributed by atoms with Crippen LogP contribution in [0.2, 0.25) is 0 Å². The molecule has 0 aromatic heterocycles. The van der Waals surface area contributed by atoms with Crippen LogP contribution in [0.5, 0.6) is 5.75 Å². The van der Waals surface area contributed by atoms with E-state index in [1.165, 1.54) is 19.2 Å². The van der Waals surface area contributed by atoms with E-state index in [0.29, 0.717) is 12.5 Å². The van der Waals surface area contributed by atoms with E-state index in [1.807, 2.05) is 11.9 Å². The standard InChI is InChI=1S/C13H16F3N3O/c1-19-6-5-17-12(19)18-8-9-3-4-10(20-2)7-11(9)13(14,15)16/h3-4,7H,5-6,8H2,1-2H3,(H,17,18). The van der Waals surface area contributed by atoms with Gasteiger partial charge in [-0.05, 0) is 17.7 Å². The first kappa shape index (κ1) is 14.5. The number of methoxy groups -OCH3 is 1. The van der Waals surface area contributed by atoms with E-state index in [2.05, 4.69) is 10.3 Å². The van der Waals surface area contributed by atoms with Gasteiger partial charge in [-0.15, -0.1) is 0 Å². The van der Waals surface area contributed by atoms with Crippen molar-refractivity contribution in [2.75, 3.05) is 27.2 Å². The molecule has 20 heavy (non-hydrogen) atoms. The van der Waals surface area contributed by atoms with Gasteiger partial charge in [-0.25, -0.2) is 0 Å². The lowest BCUT2D eigenvalue weighted by Gasteiger charge is -2.18. The summed E-state index contributed by atoms with van der Waals surface area (Å²) in [5.41, 5.74) is -0.521. The minimum atomic E-state index is -4.41. The van der Waals surface area contributed by atoms with Gasteiger partial charge in [0.25, 0.3) is 0 Å². The average Bonchev–Trinajstić information content (AvgIpc) is 2.80. The predicted octanol–water partition coefficient (Wildman–Crippen LogP) is 2.10. The molecule has 1 aromatic carbocycles. The van der Waals surface area contributed by atoms with Crippen LogP contribution in [-0.2, 0) is 12.7 Å². The Labute approximate surface area is 115 Å². The maximum atomic E-state index is 13.0. The first-order valence-corrected chi connectivity index (χ1v) is 6.15. The fourth-order valence-corrected chi connectivity index (χ4v) is 2.00. The summed E-state index contributed by atoms with van der Waals surface area (Å²) in [7, 11) is 3.19. The third-order valence-corrected chi connectivity index (χ3v) is 3.12. The Kier molecular flexibility index (Phi) is 4.06. The van der Waals surface area contributed by atoms with Crippen molar-refractivity contribution in [3.8, 4) is 5.75 Å².